The van der Waals surface area contributed by atoms with Crippen molar-refractivity contribution in [3.8, 4) is 11.6 Å². The van der Waals surface area contributed by atoms with Crippen molar-refractivity contribution in [1.29, 1.82) is 0 Å². The highest BCUT2D eigenvalue weighted by Gasteiger charge is 2.33. The molecular weight excluding hydrogens is 522 g/mol. The van der Waals surface area contributed by atoms with E-state index in [4.69, 9.17) is 9.15 Å². The van der Waals surface area contributed by atoms with E-state index in [1.807, 2.05) is 0 Å². The normalized spacial score (nSPS) is 15.6. The van der Waals surface area contributed by atoms with E-state index in [2.05, 4.69) is 20.7 Å². The van der Waals surface area contributed by atoms with E-state index in [0.29, 0.717) is 23.7 Å². The van der Waals surface area contributed by atoms with Gasteiger partial charge in [-0.25, -0.2) is 8.78 Å². The summed E-state index contributed by atoms with van der Waals surface area (Å²) in [7, 11) is 0. The SMILES string of the molecule is Cc1ccc(-c2nnn(CC(=O)N(Cc3ccccc3F)C(C(=O)NCC3CCCO3)c3ccc(F)cc3)n2)o1. The van der Waals surface area contributed by atoms with Crippen molar-refractivity contribution >= 4 is 11.8 Å². The molecule has 10 nitrogen and oxygen atoms in total. The summed E-state index contributed by atoms with van der Waals surface area (Å²) in [5, 5.41) is 15.0. The lowest BCUT2D eigenvalue weighted by atomic mass is 10.0. The lowest BCUT2D eigenvalue weighted by Crippen LogP contribution is -2.46. The molecule has 2 atom stereocenters. The predicted molar refractivity (Wildman–Crippen MR) is 138 cm³/mol. The van der Waals surface area contributed by atoms with E-state index < -0.39 is 36.0 Å². The average Bonchev–Trinajstić information content (AvgIpc) is 3.72. The Morgan fingerprint density at radius 1 is 1.12 bits per heavy atom. The van der Waals surface area contributed by atoms with Gasteiger partial charge in [-0.1, -0.05) is 30.3 Å². The highest BCUT2D eigenvalue weighted by atomic mass is 19.1. The molecule has 1 saturated heterocycles. The minimum Gasteiger partial charge on any atom is -0.458 e. The number of carbonyl (C=O) groups is 2. The molecule has 0 aliphatic carbocycles. The number of rotatable bonds is 10. The Balaban J connectivity index is 1.46. The molecule has 40 heavy (non-hydrogen) atoms. The molecule has 2 aromatic heterocycles. The first-order valence-electron chi connectivity index (χ1n) is 12.9. The van der Waals surface area contributed by atoms with Crippen LogP contribution < -0.4 is 5.32 Å². The third-order valence-corrected chi connectivity index (χ3v) is 6.58. The second-order valence-corrected chi connectivity index (χ2v) is 9.50. The van der Waals surface area contributed by atoms with Crippen molar-refractivity contribution < 1.29 is 27.5 Å². The van der Waals surface area contributed by atoms with Crippen LogP contribution in [0.3, 0.4) is 0 Å². The van der Waals surface area contributed by atoms with Crippen LogP contribution in [0.5, 0.6) is 0 Å². The number of ether oxygens (including phenoxy) is 1. The maximum atomic E-state index is 14.8. The molecule has 1 N–H and O–H groups in total. The van der Waals surface area contributed by atoms with Crippen LogP contribution in [0.2, 0.25) is 0 Å². The molecule has 0 bridgehead atoms. The number of aromatic nitrogens is 4. The minimum atomic E-state index is -1.20. The molecule has 208 valence electrons. The Bertz CT molecular complexity index is 1470. The molecule has 2 unspecified atom stereocenters. The Labute approximate surface area is 228 Å². The number of aryl methyl sites for hydroxylation is 1. The molecule has 1 fully saturated rings. The third kappa shape index (κ3) is 6.40. The molecule has 5 rings (SSSR count). The fraction of sp³-hybridized carbons (Fsp3) is 0.321. The fourth-order valence-electron chi connectivity index (χ4n) is 4.54. The largest absolute Gasteiger partial charge is 0.458 e. The second-order valence-electron chi connectivity index (χ2n) is 9.50. The summed E-state index contributed by atoms with van der Waals surface area (Å²) in [5.74, 6) is -0.888. The lowest BCUT2D eigenvalue weighted by Gasteiger charge is -2.32. The number of carbonyl (C=O) groups excluding carboxylic acids is 2. The van der Waals surface area contributed by atoms with Crippen LogP contribution in [0, 0.1) is 18.6 Å². The number of benzene rings is 2. The molecule has 2 amide bonds. The molecule has 0 spiro atoms. The number of nitrogens with zero attached hydrogens (tertiary/aromatic N) is 5. The van der Waals surface area contributed by atoms with Crippen LogP contribution in [-0.2, 0) is 27.4 Å². The van der Waals surface area contributed by atoms with Crippen LogP contribution in [0.1, 0.15) is 35.8 Å². The molecular formula is C28H28F2N6O4. The van der Waals surface area contributed by atoms with Crippen molar-refractivity contribution in [1.82, 2.24) is 30.4 Å². The summed E-state index contributed by atoms with van der Waals surface area (Å²) in [4.78, 5) is 29.7. The topological polar surface area (TPSA) is 115 Å². The Kier molecular flexibility index (Phi) is 8.25. The van der Waals surface area contributed by atoms with E-state index in [0.717, 1.165) is 17.6 Å². The van der Waals surface area contributed by atoms with Crippen LogP contribution >= 0.6 is 0 Å². The van der Waals surface area contributed by atoms with Gasteiger partial charge in [0, 0.05) is 25.3 Å². The van der Waals surface area contributed by atoms with Gasteiger partial charge in [-0.2, -0.15) is 4.80 Å². The molecule has 0 radical (unpaired) electrons. The van der Waals surface area contributed by atoms with Crippen molar-refractivity contribution in [2.24, 2.45) is 0 Å². The average molecular weight is 551 g/mol. The highest BCUT2D eigenvalue weighted by Crippen LogP contribution is 2.26. The first-order chi connectivity index (χ1) is 19.4. The van der Waals surface area contributed by atoms with Gasteiger partial charge < -0.3 is 19.4 Å². The fourth-order valence-corrected chi connectivity index (χ4v) is 4.54. The van der Waals surface area contributed by atoms with Gasteiger partial charge in [0.25, 0.3) is 0 Å². The van der Waals surface area contributed by atoms with Crippen molar-refractivity contribution in [3.05, 3.63) is 89.2 Å². The number of hydrogen-bond donors (Lipinski definition) is 1. The van der Waals surface area contributed by atoms with Crippen LogP contribution in [0.25, 0.3) is 11.6 Å². The van der Waals surface area contributed by atoms with Crippen LogP contribution in [-0.4, -0.2) is 56.2 Å². The second kappa shape index (κ2) is 12.2. The number of halogens is 2. The molecule has 3 heterocycles. The summed E-state index contributed by atoms with van der Waals surface area (Å²) in [6.07, 6.45) is 1.55. The summed E-state index contributed by atoms with van der Waals surface area (Å²) in [6, 6.07) is 13.5. The van der Waals surface area contributed by atoms with Crippen LogP contribution in [0.15, 0.2) is 65.1 Å². The van der Waals surface area contributed by atoms with E-state index >= 15 is 0 Å². The van der Waals surface area contributed by atoms with E-state index in [-0.39, 0.29) is 30.6 Å². The number of nitrogens with one attached hydrogen (secondary N) is 1. The van der Waals surface area contributed by atoms with Gasteiger partial charge in [0.05, 0.1) is 6.10 Å². The monoisotopic (exact) mass is 550 g/mol. The zero-order valence-corrected chi connectivity index (χ0v) is 21.8. The Morgan fingerprint density at radius 2 is 1.93 bits per heavy atom. The number of hydrogen-bond acceptors (Lipinski definition) is 7. The Morgan fingerprint density at radius 3 is 2.62 bits per heavy atom. The molecule has 1 aliphatic rings. The highest BCUT2D eigenvalue weighted by molar-refractivity contribution is 5.88. The lowest BCUT2D eigenvalue weighted by molar-refractivity contribution is -0.142. The van der Waals surface area contributed by atoms with Crippen molar-refractivity contribution in [2.75, 3.05) is 13.2 Å². The maximum absolute atomic E-state index is 14.8. The quantitative estimate of drug-likeness (QED) is 0.321. The first kappa shape index (κ1) is 27.1. The summed E-state index contributed by atoms with van der Waals surface area (Å²) in [5.41, 5.74) is 0.558. The zero-order valence-electron chi connectivity index (χ0n) is 21.8. The van der Waals surface area contributed by atoms with Gasteiger partial charge >= 0.3 is 0 Å². The van der Waals surface area contributed by atoms with Gasteiger partial charge in [-0.3, -0.25) is 9.59 Å². The van der Waals surface area contributed by atoms with Gasteiger partial charge in [0.1, 0.15) is 30.0 Å². The van der Waals surface area contributed by atoms with Gasteiger partial charge in [-0.15, -0.1) is 10.2 Å². The van der Waals surface area contributed by atoms with Gasteiger partial charge in [0.2, 0.25) is 17.6 Å². The summed E-state index contributed by atoms with van der Waals surface area (Å²) < 4.78 is 39.7. The van der Waals surface area contributed by atoms with E-state index in [1.165, 1.54) is 47.4 Å². The third-order valence-electron chi connectivity index (χ3n) is 6.58. The Hall–Kier alpha value is -4.45. The number of furan rings is 1. The predicted octanol–water partition coefficient (Wildman–Crippen LogP) is 3.59. The molecule has 0 saturated carbocycles. The van der Waals surface area contributed by atoms with Gasteiger partial charge in [-0.05, 0) is 60.9 Å². The summed E-state index contributed by atoms with van der Waals surface area (Å²) >= 11 is 0. The molecule has 4 aromatic rings. The smallest absolute Gasteiger partial charge is 0.247 e. The van der Waals surface area contributed by atoms with E-state index in [1.54, 1.807) is 25.1 Å². The van der Waals surface area contributed by atoms with Crippen LogP contribution in [0.4, 0.5) is 8.78 Å². The molecule has 2 aromatic carbocycles. The molecule has 1 aliphatic heterocycles. The minimum absolute atomic E-state index is 0.142. The van der Waals surface area contributed by atoms with Crippen molar-refractivity contribution in [3.63, 3.8) is 0 Å². The van der Waals surface area contributed by atoms with Crippen molar-refractivity contribution in [2.45, 2.75) is 45.0 Å². The molecule has 12 heteroatoms. The van der Waals surface area contributed by atoms with E-state index in [9.17, 15) is 18.4 Å². The summed E-state index contributed by atoms with van der Waals surface area (Å²) in [6.45, 7) is 2.01. The standard InChI is InChI=1S/C28H28F2N6O4/c1-18-8-13-24(40-18)27-32-34-36(33-27)17-25(37)35(16-20-5-2-3-7-23(20)30)26(19-9-11-21(29)12-10-19)28(38)31-15-22-6-4-14-39-22/h2-3,5,7-13,22,26H,4,6,14-17H2,1H3,(H,31,38). The zero-order chi connectivity index (χ0) is 28.1. The first-order valence-corrected chi connectivity index (χ1v) is 12.9. The number of amides is 2. The maximum Gasteiger partial charge on any atom is 0.247 e. The van der Waals surface area contributed by atoms with Gasteiger partial charge in [0.15, 0.2) is 5.76 Å². The number of tetrazole rings is 1.